The van der Waals surface area contributed by atoms with E-state index in [2.05, 4.69) is 53.4 Å². The monoisotopic (exact) mass is 389 g/mol. The number of hydrogen-bond donors (Lipinski definition) is 0. The third-order valence-electron chi connectivity index (χ3n) is 6.57. The average Bonchev–Trinajstić information content (AvgIpc) is 2.78. The number of rotatable bonds is 3. The maximum absolute atomic E-state index is 13.0. The molecule has 3 aliphatic rings. The van der Waals surface area contributed by atoms with E-state index in [1.54, 1.807) is 0 Å². The van der Waals surface area contributed by atoms with Gasteiger partial charge in [-0.1, -0.05) is 54.6 Å². The second kappa shape index (κ2) is 7.64. The molecule has 0 spiro atoms. The van der Waals surface area contributed by atoms with Crippen molar-refractivity contribution < 1.29 is 9.59 Å². The van der Waals surface area contributed by atoms with Crippen molar-refractivity contribution in [2.75, 3.05) is 26.2 Å². The Balaban J connectivity index is 1.27. The van der Waals surface area contributed by atoms with Gasteiger partial charge in [0.1, 0.15) is 12.1 Å². The average molecular weight is 389 g/mol. The summed E-state index contributed by atoms with van der Waals surface area (Å²) in [7, 11) is 0. The molecule has 0 aliphatic carbocycles. The molecule has 29 heavy (non-hydrogen) atoms. The topological polar surface area (TPSA) is 43.9 Å². The van der Waals surface area contributed by atoms with Crippen molar-refractivity contribution in [3.63, 3.8) is 0 Å². The first-order valence-corrected chi connectivity index (χ1v) is 10.7. The van der Waals surface area contributed by atoms with Gasteiger partial charge in [0.05, 0.1) is 0 Å². The Morgan fingerprint density at radius 2 is 1.41 bits per heavy atom. The van der Waals surface area contributed by atoms with Crippen LogP contribution in [0.15, 0.2) is 54.6 Å². The van der Waals surface area contributed by atoms with Crippen LogP contribution in [0.5, 0.6) is 0 Å². The minimum atomic E-state index is -0.311. The second-order valence-corrected chi connectivity index (χ2v) is 8.39. The highest BCUT2D eigenvalue weighted by Crippen LogP contribution is 2.29. The number of nitrogens with zero attached hydrogens (tertiary/aromatic N) is 3. The van der Waals surface area contributed by atoms with Gasteiger partial charge in [0.15, 0.2) is 0 Å². The molecule has 150 valence electrons. The molecule has 0 aromatic heterocycles. The number of carbonyl (C=O) groups is 2. The molecule has 5 nitrogen and oxygen atoms in total. The summed E-state index contributed by atoms with van der Waals surface area (Å²) in [6, 6.07) is 18.5. The third-order valence-corrected chi connectivity index (χ3v) is 6.57. The molecule has 3 aliphatic heterocycles. The zero-order chi connectivity index (χ0) is 19.8. The van der Waals surface area contributed by atoms with Crippen LogP contribution in [0.3, 0.4) is 0 Å². The fraction of sp³-hybridized carbons (Fsp3) is 0.417. The first-order valence-electron chi connectivity index (χ1n) is 10.7. The van der Waals surface area contributed by atoms with Crippen LogP contribution in [-0.2, 0) is 16.1 Å². The molecule has 2 amide bonds. The van der Waals surface area contributed by atoms with Crippen molar-refractivity contribution in [2.45, 2.75) is 37.9 Å². The molecule has 0 radical (unpaired) electrons. The van der Waals surface area contributed by atoms with Gasteiger partial charge in [-0.05, 0) is 36.0 Å². The number of benzene rings is 2. The third kappa shape index (κ3) is 3.44. The van der Waals surface area contributed by atoms with Crippen LogP contribution in [0.25, 0.3) is 11.1 Å². The first kappa shape index (κ1) is 18.4. The summed E-state index contributed by atoms with van der Waals surface area (Å²) in [6.07, 6.45) is 2.88. The highest BCUT2D eigenvalue weighted by molar-refractivity contribution is 5.97. The second-order valence-electron chi connectivity index (χ2n) is 8.39. The molecule has 0 bridgehead atoms. The van der Waals surface area contributed by atoms with Crippen molar-refractivity contribution in [3.05, 3.63) is 60.2 Å². The summed E-state index contributed by atoms with van der Waals surface area (Å²) in [5, 5.41) is 0. The summed E-state index contributed by atoms with van der Waals surface area (Å²) in [4.78, 5) is 32.0. The zero-order valence-corrected chi connectivity index (χ0v) is 16.7. The Bertz CT molecular complexity index is 896. The van der Waals surface area contributed by atoms with E-state index in [9.17, 15) is 9.59 Å². The van der Waals surface area contributed by atoms with E-state index in [1.165, 1.54) is 16.7 Å². The van der Waals surface area contributed by atoms with Gasteiger partial charge >= 0.3 is 0 Å². The van der Waals surface area contributed by atoms with Crippen LogP contribution in [-0.4, -0.2) is 64.8 Å². The van der Waals surface area contributed by atoms with Gasteiger partial charge in [0.2, 0.25) is 11.8 Å². The number of carbonyl (C=O) groups excluding carboxylic acids is 2. The quantitative estimate of drug-likeness (QED) is 0.811. The fourth-order valence-electron chi connectivity index (χ4n) is 4.98. The van der Waals surface area contributed by atoms with Crippen LogP contribution in [0.4, 0.5) is 0 Å². The highest BCUT2D eigenvalue weighted by atomic mass is 16.2. The lowest BCUT2D eigenvalue weighted by molar-refractivity contribution is -0.167. The summed E-state index contributed by atoms with van der Waals surface area (Å²) in [5.74, 6) is 0.319. The van der Waals surface area contributed by atoms with E-state index in [0.29, 0.717) is 13.1 Å². The number of fused-ring (bicyclic) bond motifs is 2. The van der Waals surface area contributed by atoms with E-state index in [-0.39, 0.29) is 23.9 Å². The molecule has 5 heteroatoms. The number of piperidine rings is 1. The van der Waals surface area contributed by atoms with Gasteiger partial charge in [0, 0.05) is 32.7 Å². The van der Waals surface area contributed by atoms with E-state index >= 15 is 0 Å². The van der Waals surface area contributed by atoms with Crippen molar-refractivity contribution in [2.24, 2.45) is 0 Å². The SMILES string of the molecule is O=C1C2CN(Cc3ccc(-c4ccccc4)cc3)CCN2C(=O)C2CCCCN12. The van der Waals surface area contributed by atoms with E-state index in [1.807, 2.05) is 15.9 Å². The van der Waals surface area contributed by atoms with Gasteiger partial charge < -0.3 is 9.80 Å². The molecule has 0 saturated carbocycles. The van der Waals surface area contributed by atoms with Gasteiger partial charge in [-0.2, -0.15) is 0 Å². The summed E-state index contributed by atoms with van der Waals surface area (Å²) in [5.41, 5.74) is 3.67. The Morgan fingerprint density at radius 3 is 2.21 bits per heavy atom. The smallest absolute Gasteiger partial charge is 0.247 e. The number of amides is 2. The normalized spacial score (nSPS) is 25.0. The molecular formula is C24H27N3O2. The lowest BCUT2D eigenvalue weighted by atomic mass is 9.94. The van der Waals surface area contributed by atoms with Crippen molar-refractivity contribution in [3.8, 4) is 11.1 Å². The largest absolute Gasteiger partial charge is 0.329 e. The molecule has 2 aromatic rings. The van der Waals surface area contributed by atoms with Gasteiger partial charge in [-0.15, -0.1) is 0 Å². The lowest BCUT2D eigenvalue weighted by Gasteiger charge is -2.50. The molecule has 0 N–H and O–H groups in total. The molecule has 2 atom stereocenters. The molecule has 3 saturated heterocycles. The molecule has 2 unspecified atom stereocenters. The number of piperazine rings is 2. The van der Waals surface area contributed by atoms with Crippen LogP contribution >= 0.6 is 0 Å². The highest BCUT2D eigenvalue weighted by Gasteiger charge is 2.48. The predicted octanol–water partition coefficient (Wildman–Crippen LogP) is 2.76. The molecule has 3 heterocycles. The van der Waals surface area contributed by atoms with Gasteiger partial charge in [-0.3, -0.25) is 14.5 Å². The standard InChI is InChI=1S/C24H27N3O2/c28-23-21-8-4-5-13-26(21)24(29)22-17-25(14-15-27(22)23)16-18-9-11-20(12-10-18)19-6-2-1-3-7-19/h1-3,6-7,9-12,21-22H,4-5,8,13-17H2. The van der Waals surface area contributed by atoms with Crippen LogP contribution in [0.2, 0.25) is 0 Å². The van der Waals surface area contributed by atoms with Crippen molar-refractivity contribution in [1.82, 2.24) is 14.7 Å². The molecule has 3 fully saturated rings. The van der Waals surface area contributed by atoms with E-state index < -0.39 is 0 Å². The van der Waals surface area contributed by atoms with E-state index in [4.69, 9.17) is 0 Å². The molecular weight excluding hydrogens is 362 g/mol. The van der Waals surface area contributed by atoms with Crippen LogP contribution < -0.4 is 0 Å². The van der Waals surface area contributed by atoms with E-state index in [0.717, 1.165) is 38.9 Å². The summed E-state index contributed by atoms with van der Waals surface area (Å²) in [6.45, 7) is 3.66. The van der Waals surface area contributed by atoms with Crippen molar-refractivity contribution >= 4 is 11.8 Å². The minimum absolute atomic E-state index is 0.151. The maximum Gasteiger partial charge on any atom is 0.247 e. The van der Waals surface area contributed by atoms with Crippen LogP contribution in [0.1, 0.15) is 24.8 Å². The Morgan fingerprint density at radius 1 is 0.724 bits per heavy atom. The first-order chi connectivity index (χ1) is 14.2. The Hall–Kier alpha value is -2.66. The van der Waals surface area contributed by atoms with Crippen LogP contribution in [0, 0.1) is 0 Å². The van der Waals surface area contributed by atoms with Crippen molar-refractivity contribution in [1.29, 1.82) is 0 Å². The lowest BCUT2D eigenvalue weighted by Crippen LogP contribution is -2.70. The van der Waals surface area contributed by atoms with Gasteiger partial charge in [-0.25, -0.2) is 0 Å². The Labute approximate surface area is 171 Å². The minimum Gasteiger partial charge on any atom is -0.329 e. The Kier molecular flexibility index (Phi) is 4.84. The zero-order valence-electron chi connectivity index (χ0n) is 16.7. The summed E-state index contributed by atoms with van der Waals surface area (Å²) < 4.78 is 0. The predicted molar refractivity (Wildman–Crippen MR) is 112 cm³/mol. The number of hydrogen-bond acceptors (Lipinski definition) is 3. The molecule has 2 aromatic carbocycles. The van der Waals surface area contributed by atoms with Gasteiger partial charge in [0.25, 0.3) is 0 Å². The summed E-state index contributed by atoms with van der Waals surface area (Å²) >= 11 is 0. The fourth-order valence-corrected chi connectivity index (χ4v) is 4.98. The maximum atomic E-state index is 13.0. The molecule has 5 rings (SSSR count).